The second-order valence-corrected chi connectivity index (χ2v) is 3.57. The number of nitrogens with two attached hydrogens (primary N) is 1. The molecule has 0 aliphatic carbocycles. The Balaban J connectivity index is 2.66. The Morgan fingerprint density at radius 2 is 2.06 bits per heavy atom. The number of anilines is 1. The van der Waals surface area contributed by atoms with Crippen LogP contribution in [0.4, 0.5) is 18.9 Å². The van der Waals surface area contributed by atoms with Crippen LogP contribution in [0, 0.1) is 0 Å². The summed E-state index contributed by atoms with van der Waals surface area (Å²) in [6, 6.07) is 2.92. The van der Waals surface area contributed by atoms with E-state index in [0.717, 1.165) is 6.20 Å². The van der Waals surface area contributed by atoms with Crippen LogP contribution in [0.1, 0.15) is 5.69 Å². The van der Waals surface area contributed by atoms with Crippen LogP contribution in [-0.2, 0) is 6.18 Å². The molecule has 0 spiro atoms. The van der Waals surface area contributed by atoms with E-state index < -0.39 is 17.6 Å². The van der Waals surface area contributed by atoms with E-state index in [9.17, 15) is 13.2 Å². The molecule has 0 fully saturated rings. The van der Waals surface area contributed by atoms with Gasteiger partial charge < -0.3 is 5.73 Å². The zero-order valence-electron chi connectivity index (χ0n) is 8.24. The number of rotatable bonds is 1. The molecule has 0 aliphatic rings. The van der Waals surface area contributed by atoms with Gasteiger partial charge in [0.25, 0.3) is 0 Å². The van der Waals surface area contributed by atoms with Gasteiger partial charge in [0.1, 0.15) is 0 Å². The molecule has 8 heteroatoms. The van der Waals surface area contributed by atoms with Crippen LogP contribution in [0.2, 0.25) is 5.02 Å². The van der Waals surface area contributed by atoms with Crippen molar-refractivity contribution in [2.45, 2.75) is 6.18 Å². The van der Waals surface area contributed by atoms with Gasteiger partial charge in [0.05, 0.1) is 16.9 Å². The summed E-state index contributed by atoms with van der Waals surface area (Å²) in [5.74, 6) is -0.113. The van der Waals surface area contributed by atoms with Gasteiger partial charge in [-0.2, -0.15) is 18.3 Å². The normalized spacial score (nSPS) is 11.8. The second kappa shape index (κ2) is 3.92. The molecule has 0 atom stereocenters. The molecule has 0 amide bonds. The van der Waals surface area contributed by atoms with Crippen LogP contribution in [0.3, 0.4) is 0 Å². The molecule has 0 saturated heterocycles. The standard InChI is InChI=1S/C9H6ClF3N4/c10-5-2-1-3-15-8(5)17-7(9(11,12)13)6(14)4-16-17/h1-4H,14H2. The summed E-state index contributed by atoms with van der Waals surface area (Å²) in [6.45, 7) is 0. The SMILES string of the molecule is Nc1cnn(-c2ncccc2Cl)c1C(F)(F)F. The molecule has 2 heterocycles. The molecule has 0 saturated carbocycles. The van der Waals surface area contributed by atoms with Crippen molar-refractivity contribution in [2.24, 2.45) is 0 Å². The zero-order valence-corrected chi connectivity index (χ0v) is 9.00. The minimum atomic E-state index is -4.62. The van der Waals surface area contributed by atoms with E-state index in [4.69, 9.17) is 17.3 Å². The predicted molar refractivity (Wildman–Crippen MR) is 55.8 cm³/mol. The fourth-order valence-electron chi connectivity index (χ4n) is 1.34. The Hall–Kier alpha value is -1.76. The van der Waals surface area contributed by atoms with E-state index >= 15 is 0 Å². The third-order valence-electron chi connectivity index (χ3n) is 2.01. The van der Waals surface area contributed by atoms with Crippen molar-refractivity contribution in [3.05, 3.63) is 35.2 Å². The topological polar surface area (TPSA) is 56.7 Å². The molecule has 90 valence electrons. The molecule has 0 bridgehead atoms. The number of hydrogen-bond donors (Lipinski definition) is 1. The molecule has 0 radical (unpaired) electrons. The number of pyridine rings is 1. The number of nitrogen functional groups attached to an aromatic ring is 1. The fourth-order valence-corrected chi connectivity index (χ4v) is 1.54. The summed E-state index contributed by atoms with van der Waals surface area (Å²) in [6.07, 6.45) is -2.39. The molecule has 0 aromatic carbocycles. The van der Waals surface area contributed by atoms with E-state index in [1.165, 1.54) is 18.3 Å². The molecule has 4 nitrogen and oxygen atoms in total. The number of alkyl halides is 3. The first-order valence-electron chi connectivity index (χ1n) is 4.43. The van der Waals surface area contributed by atoms with Crippen molar-refractivity contribution in [1.29, 1.82) is 0 Å². The molecule has 2 aromatic heterocycles. The lowest BCUT2D eigenvalue weighted by Gasteiger charge is -2.11. The van der Waals surface area contributed by atoms with Crippen molar-refractivity contribution in [1.82, 2.24) is 14.8 Å². The van der Waals surface area contributed by atoms with Gasteiger partial charge in [0.15, 0.2) is 11.5 Å². The first-order chi connectivity index (χ1) is 7.91. The Kier molecular flexibility index (Phi) is 2.70. The minimum absolute atomic E-state index is 0.0566. The first kappa shape index (κ1) is 11.7. The summed E-state index contributed by atoms with van der Waals surface area (Å²) >= 11 is 5.76. The molecule has 2 N–H and O–H groups in total. The van der Waals surface area contributed by atoms with Gasteiger partial charge in [-0.05, 0) is 12.1 Å². The Morgan fingerprint density at radius 1 is 1.35 bits per heavy atom. The number of nitrogens with zero attached hydrogens (tertiary/aromatic N) is 3. The maximum absolute atomic E-state index is 12.7. The second-order valence-electron chi connectivity index (χ2n) is 3.17. The van der Waals surface area contributed by atoms with E-state index in [1.54, 1.807) is 0 Å². The number of hydrogen-bond acceptors (Lipinski definition) is 3. The molecular formula is C9H6ClF3N4. The smallest absolute Gasteiger partial charge is 0.396 e. The average molecular weight is 263 g/mol. The van der Waals surface area contributed by atoms with E-state index in [1.807, 2.05) is 0 Å². The highest BCUT2D eigenvalue weighted by atomic mass is 35.5. The van der Waals surface area contributed by atoms with Crippen molar-refractivity contribution < 1.29 is 13.2 Å². The Labute approximate surface area is 98.8 Å². The maximum atomic E-state index is 12.7. The van der Waals surface area contributed by atoms with Gasteiger partial charge in [-0.25, -0.2) is 9.67 Å². The molecule has 0 aliphatic heterocycles. The van der Waals surface area contributed by atoms with Crippen molar-refractivity contribution >= 4 is 17.3 Å². The van der Waals surface area contributed by atoms with Crippen molar-refractivity contribution in [3.8, 4) is 5.82 Å². The van der Waals surface area contributed by atoms with Crippen LogP contribution in [-0.4, -0.2) is 14.8 Å². The largest absolute Gasteiger partial charge is 0.435 e. The van der Waals surface area contributed by atoms with Crippen LogP contribution in [0.25, 0.3) is 5.82 Å². The maximum Gasteiger partial charge on any atom is 0.435 e. The summed E-state index contributed by atoms with van der Waals surface area (Å²) in [5.41, 5.74) is 3.68. The summed E-state index contributed by atoms with van der Waals surface area (Å²) in [7, 11) is 0. The minimum Gasteiger partial charge on any atom is -0.396 e. The van der Waals surface area contributed by atoms with Crippen LogP contribution < -0.4 is 5.73 Å². The van der Waals surface area contributed by atoms with Gasteiger partial charge in [-0.3, -0.25) is 0 Å². The lowest BCUT2D eigenvalue weighted by molar-refractivity contribution is -0.142. The molecular weight excluding hydrogens is 257 g/mol. The first-order valence-corrected chi connectivity index (χ1v) is 4.80. The molecule has 0 unspecified atom stereocenters. The van der Waals surface area contributed by atoms with Crippen LogP contribution >= 0.6 is 11.6 Å². The zero-order chi connectivity index (χ0) is 12.6. The summed E-state index contributed by atoms with van der Waals surface area (Å²) < 4.78 is 38.8. The molecule has 2 rings (SSSR count). The summed E-state index contributed by atoms with van der Waals surface area (Å²) in [4.78, 5) is 3.75. The Bertz CT molecular complexity index is 549. The number of aromatic nitrogens is 3. The third kappa shape index (κ3) is 2.05. The monoisotopic (exact) mass is 262 g/mol. The van der Waals surface area contributed by atoms with Gasteiger partial charge in [0.2, 0.25) is 0 Å². The van der Waals surface area contributed by atoms with Gasteiger partial charge in [-0.15, -0.1) is 0 Å². The highest BCUT2D eigenvalue weighted by molar-refractivity contribution is 6.32. The third-order valence-corrected chi connectivity index (χ3v) is 2.30. The van der Waals surface area contributed by atoms with Crippen molar-refractivity contribution in [3.63, 3.8) is 0 Å². The number of halogens is 4. The van der Waals surface area contributed by atoms with Gasteiger partial charge in [-0.1, -0.05) is 11.6 Å². The van der Waals surface area contributed by atoms with E-state index in [0.29, 0.717) is 4.68 Å². The van der Waals surface area contributed by atoms with Gasteiger partial charge >= 0.3 is 6.18 Å². The molecule has 2 aromatic rings. The highest BCUT2D eigenvalue weighted by Gasteiger charge is 2.38. The fraction of sp³-hybridized carbons (Fsp3) is 0.111. The predicted octanol–water partition coefficient (Wildman–Crippen LogP) is 2.52. The summed E-state index contributed by atoms with van der Waals surface area (Å²) in [5, 5.41) is 3.59. The highest BCUT2D eigenvalue weighted by Crippen LogP contribution is 2.35. The lowest BCUT2D eigenvalue weighted by Crippen LogP contribution is -2.16. The lowest BCUT2D eigenvalue weighted by atomic mass is 10.3. The average Bonchev–Trinajstić information content (AvgIpc) is 2.60. The van der Waals surface area contributed by atoms with E-state index in [-0.39, 0.29) is 10.8 Å². The van der Waals surface area contributed by atoms with E-state index in [2.05, 4.69) is 10.1 Å². The van der Waals surface area contributed by atoms with Crippen LogP contribution in [0.5, 0.6) is 0 Å². The van der Waals surface area contributed by atoms with Gasteiger partial charge in [0, 0.05) is 6.20 Å². The van der Waals surface area contributed by atoms with Crippen LogP contribution in [0.15, 0.2) is 24.5 Å². The molecule has 17 heavy (non-hydrogen) atoms. The van der Waals surface area contributed by atoms with Crippen molar-refractivity contribution in [2.75, 3.05) is 5.73 Å². The Morgan fingerprint density at radius 3 is 2.65 bits per heavy atom. The quantitative estimate of drug-likeness (QED) is 0.859.